The molecule has 1 saturated heterocycles. The van der Waals surface area contributed by atoms with E-state index >= 15 is 0 Å². The zero-order chi connectivity index (χ0) is 25.3. The number of rotatable bonds is 8. The van der Waals surface area contributed by atoms with Crippen LogP contribution in [0.3, 0.4) is 0 Å². The first-order valence-electron chi connectivity index (χ1n) is 9.56. The number of nitrogens with zero attached hydrogens (tertiary/aromatic N) is 4. The van der Waals surface area contributed by atoms with Crippen LogP contribution in [-0.4, -0.2) is 83.7 Å². The minimum atomic E-state index is -1.31. The fraction of sp³-hybridized carbons (Fsp3) is 0.294. The Bertz CT molecular complexity index is 1380. The SMILES string of the molecule is CO/N=C(\C(=O)N[C@@H]1C(=O)N2C(C(=O)O)=C(CSc3nc(=O)c(=O)[nH][nH]3)CS[C@H]12)c1csc(N)n1. The lowest BCUT2D eigenvalue weighted by Crippen LogP contribution is -2.71. The molecule has 2 aromatic rings. The third kappa shape index (κ3) is 4.80. The van der Waals surface area contributed by atoms with E-state index in [1.165, 1.54) is 24.3 Å². The number of thioether (sulfide) groups is 2. The summed E-state index contributed by atoms with van der Waals surface area (Å²) in [6.07, 6.45) is 0. The topological polar surface area (TPSA) is 226 Å². The molecule has 15 nitrogen and oxygen atoms in total. The number of oxime groups is 1. The van der Waals surface area contributed by atoms with Gasteiger partial charge in [-0.2, -0.15) is 4.98 Å². The number of nitrogens with one attached hydrogen (secondary N) is 3. The van der Waals surface area contributed by atoms with Gasteiger partial charge in [-0.3, -0.25) is 34.3 Å². The van der Waals surface area contributed by atoms with Gasteiger partial charge in [-0.05, 0) is 5.57 Å². The first-order valence-corrected chi connectivity index (χ1v) is 12.5. The average molecular weight is 541 g/mol. The number of nitrogens with two attached hydrogens (primary N) is 1. The van der Waals surface area contributed by atoms with Crippen molar-refractivity contribution in [1.82, 2.24) is 30.4 Å². The van der Waals surface area contributed by atoms with Crippen LogP contribution in [-0.2, 0) is 19.2 Å². The highest BCUT2D eigenvalue weighted by Gasteiger charge is 2.54. The largest absolute Gasteiger partial charge is 0.477 e. The molecular formula is C17H16N8O7S3. The van der Waals surface area contributed by atoms with Crippen LogP contribution in [0.15, 0.2) is 36.6 Å². The summed E-state index contributed by atoms with van der Waals surface area (Å²) in [5, 5.41) is 21.7. The molecule has 0 aromatic carbocycles. The van der Waals surface area contributed by atoms with Crippen LogP contribution in [0, 0.1) is 0 Å². The monoisotopic (exact) mass is 540 g/mol. The molecule has 2 amide bonds. The molecule has 1 fully saturated rings. The van der Waals surface area contributed by atoms with Gasteiger partial charge in [0.05, 0.1) is 0 Å². The quantitative estimate of drug-likeness (QED) is 0.0837. The van der Waals surface area contributed by atoms with Gasteiger partial charge in [0.1, 0.15) is 29.9 Å². The maximum absolute atomic E-state index is 12.9. The van der Waals surface area contributed by atoms with Crippen LogP contribution in [0.2, 0.25) is 0 Å². The fourth-order valence-electron chi connectivity index (χ4n) is 3.25. The van der Waals surface area contributed by atoms with Crippen molar-refractivity contribution >= 4 is 63.5 Å². The van der Waals surface area contributed by atoms with Gasteiger partial charge >= 0.3 is 17.1 Å². The molecule has 0 spiro atoms. The van der Waals surface area contributed by atoms with Gasteiger partial charge in [-0.15, -0.1) is 23.1 Å². The van der Waals surface area contributed by atoms with Crippen LogP contribution >= 0.6 is 34.9 Å². The number of carbonyl (C=O) groups excluding carboxylic acids is 2. The van der Waals surface area contributed by atoms with Crippen molar-refractivity contribution in [2.45, 2.75) is 16.6 Å². The second-order valence-electron chi connectivity index (χ2n) is 6.90. The van der Waals surface area contributed by atoms with Crippen LogP contribution in [0.1, 0.15) is 5.69 Å². The number of thiazole rings is 1. The van der Waals surface area contributed by atoms with Gasteiger partial charge in [0.2, 0.25) is 0 Å². The Balaban J connectivity index is 1.50. The molecule has 2 atom stereocenters. The number of amides is 2. The standard InChI is InChI=1S/C17H16N8O7S3/c1-32-24-7(6-4-34-16(18)19-6)10(26)20-8-13(29)25-9(15(30)31)5(2-33-14(8)25)3-35-17-21-11(27)12(28)22-23-17/h4,8,14H,2-3H2,1H3,(H2,18,19)(H,20,26)(H,22,28)(H,30,31)(H,21,23,27)/b24-7-/t8-,14-/m1/s1. The maximum atomic E-state index is 12.9. The molecule has 0 saturated carbocycles. The second kappa shape index (κ2) is 9.92. The lowest BCUT2D eigenvalue weighted by atomic mass is 10.0. The van der Waals surface area contributed by atoms with E-state index in [1.54, 1.807) is 0 Å². The number of hydrogen-bond acceptors (Lipinski definition) is 13. The number of H-pyrrole nitrogens is 2. The number of hydrogen-bond donors (Lipinski definition) is 5. The van der Waals surface area contributed by atoms with E-state index in [9.17, 15) is 29.1 Å². The number of aromatic amines is 2. The summed E-state index contributed by atoms with van der Waals surface area (Å²) in [5.41, 5.74) is 3.92. The molecule has 0 bridgehead atoms. The Morgan fingerprint density at radius 1 is 1.37 bits per heavy atom. The highest BCUT2D eigenvalue weighted by Crippen LogP contribution is 2.41. The van der Waals surface area contributed by atoms with Crippen LogP contribution in [0.25, 0.3) is 0 Å². The molecular weight excluding hydrogens is 524 g/mol. The summed E-state index contributed by atoms with van der Waals surface area (Å²) in [5.74, 6) is -2.32. The Hall–Kier alpha value is -3.64. The average Bonchev–Trinajstić information content (AvgIpc) is 3.26. The van der Waals surface area contributed by atoms with Gasteiger partial charge in [-0.1, -0.05) is 16.9 Å². The molecule has 4 rings (SSSR count). The van der Waals surface area contributed by atoms with Gasteiger partial charge in [-0.25, -0.2) is 9.78 Å². The molecule has 0 radical (unpaired) electrons. The van der Waals surface area contributed by atoms with Gasteiger partial charge in [0.25, 0.3) is 11.8 Å². The molecule has 6 N–H and O–H groups in total. The number of carbonyl (C=O) groups is 3. The highest BCUT2D eigenvalue weighted by atomic mass is 32.2. The van der Waals surface area contributed by atoms with Crippen molar-refractivity contribution in [3.63, 3.8) is 0 Å². The third-order valence-electron chi connectivity index (χ3n) is 4.76. The van der Waals surface area contributed by atoms with Gasteiger partial charge in [0.15, 0.2) is 16.0 Å². The predicted molar refractivity (Wildman–Crippen MR) is 126 cm³/mol. The van der Waals surface area contributed by atoms with Crippen molar-refractivity contribution < 1.29 is 24.3 Å². The van der Waals surface area contributed by atoms with Crippen molar-refractivity contribution in [3.8, 4) is 0 Å². The molecule has 35 heavy (non-hydrogen) atoms. The zero-order valence-electron chi connectivity index (χ0n) is 17.6. The van der Waals surface area contributed by atoms with Gasteiger partial charge < -0.3 is 21.0 Å². The molecule has 18 heteroatoms. The first kappa shape index (κ1) is 24.5. The van der Waals surface area contributed by atoms with Crippen LogP contribution < -0.4 is 22.2 Å². The van der Waals surface area contributed by atoms with Gasteiger partial charge in [0, 0.05) is 16.9 Å². The second-order valence-corrected chi connectivity index (χ2v) is 9.86. The summed E-state index contributed by atoms with van der Waals surface area (Å²) in [6.45, 7) is 0. The van der Waals surface area contributed by atoms with Crippen LogP contribution in [0.4, 0.5) is 5.13 Å². The molecule has 0 unspecified atom stereocenters. The molecule has 184 valence electrons. The summed E-state index contributed by atoms with van der Waals surface area (Å²) >= 11 is 3.36. The third-order valence-corrected chi connectivity index (χ3v) is 7.74. The number of nitrogen functional groups attached to an aromatic ring is 1. The number of fused-ring (bicyclic) bond motifs is 1. The summed E-state index contributed by atoms with van der Waals surface area (Å²) < 4.78 is 0. The Morgan fingerprint density at radius 2 is 2.14 bits per heavy atom. The van der Waals surface area contributed by atoms with Crippen molar-refractivity contribution in [3.05, 3.63) is 43.1 Å². The van der Waals surface area contributed by atoms with Crippen molar-refractivity contribution in [2.75, 3.05) is 24.3 Å². The Kier molecular flexibility index (Phi) is 6.94. The molecule has 0 aliphatic carbocycles. The fourth-order valence-corrected chi connectivity index (χ4v) is 6.10. The molecule has 2 aromatic heterocycles. The molecule has 4 heterocycles. The van der Waals surface area contributed by atoms with Crippen molar-refractivity contribution in [1.29, 1.82) is 0 Å². The zero-order valence-corrected chi connectivity index (χ0v) is 20.1. The number of aliphatic carboxylic acids is 1. The number of β-lactam (4-membered cyclic amide) rings is 1. The summed E-state index contributed by atoms with van der Waals surface area (Å²) in [6, 6.07) is -0.994. The van der Waals surface area contributed by atoms with E-state index < -0.39 is 40.3 Å². The number of carboxylic acids is 1. The minimum Gasteiger partial charge on any atom is -0.477 e. The number of anilines is 1. The van der Waals surface area contributed by atoms with E-state index in [-0.39, 0.29) is 38.9 Å². The Labute approximate surface area is 207 Å². The lowest BCUT2D eigenvalue weighted by molar-refractivity contribution is -0.150. The minimum absolute atomic E-state index is 0.0895. The first-order chi connectivity index (χ1) is 16.7. The number of carboxylic acid groups (broad SMARTS) is 1. The predicted octanol–water partition coefficient (Wildman–Crippen LogP) is -1.62. The van der Waals surface area contributed by atoms with Crippen molar-refractivity contribution in [2.24, 2.45) is 5.16 Å². The summed E-state index contributed by atoms with van der Waals surface area (Å²) in [7, 11) is 1.25. The molecule has 2 aliphatic heterocycles. The van der Waals surface area contributed by atoms with E-state index in [2.05, 4.69) is 30.6 Å². The van der Waals surface area contributed by atoms with Crippen LogP contribution in [0.5, 0.6) is 0 Å². The summed E-state index contributed by atoms with van der Waals surface area (Å²) in [4.78, 5) is 73.6. The van der Waals surface area contributed by atoms with E-state index in [0.29, 0.717) is 5.57 Å². The lowest BCUT2D eigenvalue weighted by Gasteiger charge is -2.49. The van der Waals surface area contributed by atoms with E-state index in [4.69, 9.17) is 10.6 Å². The maximum Gasteiger partial charge on any atom is 0.352 e. The molecule has 2 aliphatic rings. The normalized spacial score (nSPS) is 19.7. The van der Waals surface area contributed by atoms with E-state index in [0.717, 1.165) is 28.0 Å². The number of aromatic nitrogens is 4. The highest BCUT2D eigenvalue weighted by molar-refractivity contribution is 8.01. The van der Waals surface area contributed by atoms with E-state index in [1.807, 2.05) is 0 Å². The smallest absolute Gasteiger partial charge is 0.352 e. The Morgan fingerprint density at radius 3 is 2.77 bits per heavy atom.